The molecule has 4 nitrogen and oxygen atoms in total. The number of benzene rings is 1. The van der Waals surface area contributed by atoms with Gasteiger partial charge in [0.25, 0.3) is 0 Å². The van der Waals surface area contributed by atoms with Gasteiger partial charge in [-0.15, -0.1) is 0 Å². The Morgan fingerprint density at radius 1 is 1.12 bits per heavy atom. The van der Waals surface area contributed by atoms with Crippen LogP contribution < -0.4 is 0 Å². The number of rotatable bonds is 2. The summed E-state index contributed by atoms with van der Waals surface area (Å²) in [7, 11) is 0. The largest absolute Gasteiger partial charge is 0.384 e. The molecule has 3 aromatic rings. The Kier molecular flexibility index (Phi) is 2.34. The SMILES string of the molecule is OC(c1ccccc1)c1cnn2ccncc12. The van der Waals surface area contributed by atoms with E-state index in [9.17, 15) is 5.11 Å². The smallest absolute Gasteiger partial charge is 0.108 e. The van der Waals surface area contributed by atoms with E-state index in [0.29, 0.717) is 0 Å². The molecule has 0 amide bonds. The molecule has 0 aliphatic carbocycles. The topological polar surface area (TPSA) is 50.4 Å². The molecule has 17 heavy (non-hydrogen) atoms. The zero-order valence-electron chi connectivity index (χ0n) is 9.06. The molecule has 0 fully saturated rings. The van der Waals surface area contributed by atoms with Gasteiger partial charge in [0.05, 0.1) is 17.9 Å². The third kappa shape index (κ3) is 1.68. The van der Waals surface area contributed by atoms with Crippen LogP contribution in [0.4, 0.5) is 0 Å². The van der Waals surface area contributed by atoms with E-state index in [2.05, 4.69) is 10.1 Å². The lowest BCUT2D eigenvalue weighted by Crippen LogP contribution is -1.99. The second-order valence-electron chi connectivity index (χ2n) is 3.82. The molecule has 1 N–H and O–H groups in total. The summed E-state index contributed by atoms with van der Waals surface area (Å²) in [6.07, 6.45) is 6.14. The summed E-state index contributed by atoms with van der Waals surface area (Å²) in [6, 6.07) is 9.52. The predicted octanol–water partition coefficient (Wildman–Crippen LogP) is 1.81. The summed E-state index contributed by atoms with van der Waals surface area (Å²) in [5.74, 6) is 0. The van der Waals surface area contributed by atoms with Gasteiger partial charge in [-0.3, -0.25) is 4.98 Å². The van der Waals surface area contributed by atoms with E-state index < -0.39 is 6.10 Å². The van der Waals surface area contributed by atoms with Crippen LogP contribution in [0.25, 0.3) is 5.52 Å². The van der Waals surface area contributed by atoms with Crippen LogP contribution >= 0.6 is 0 Å². The zero-order chi connectivity index (χ0) is 11.7. The van der Waals surface area contributed by atoms with Crippen LogP contribution in [0.5, 0.6) is 0 Å². The minimum absolute atomic E-state index is 0.669. The Bertz CT molecular complexity index is 633. The third-order valence-corrected chi connectivity index (χ3v) is 2.76. The fourth-order valence-electron chi connectivity index (χ4n) is 1.88. The lowest BCUT2D eigenvalue weighted by Gasteiger charge is -2.08. The van der Waals surface area contributed by atoms with Crippen LogP contribution in [0.2, 0.25) is 0 Å². The summed E-state index contributed by atoms with van der Waals surface area (Å²) in [5.41, 5.74) is 2.44. The molecule has 1 atom stereocenters. The summed E-state index contributed by atoms with van der Waals surface area (Å²) in [5, 5.41) is 14.5. The monoisotopic (exact) mass is 225 g/mol. The maximum atomic E-state index is 10.3. The van der Waals surface area contributed by atoms with E-state index in [4.69, 9.17) is 0 Å². The van der Waals surface area contributed by atoms with Gasteiger partial charge >= 0.3 is 0 Å². The van der Waals surface area contributed by atoms with Crippen molar-refractivity contribution in [2.45, 2.75) is 6.10 Å². The van der Waals surface area contributed by atoms with Crippen molar-refractivity contribution in [2.75, 3.05) is 0 Å². The molecule has 2 heterocycles. The second kappa shape index (κ2) is 3.99. The van der Waals surface area contributed by atoms with Crippen LogP contribution in [0.15, 0.2) is 55.1 Å². The highest BCUT2D eigenvalue weighted by atomic mass is 16.3. The predicted molar refractivity (Wildman–Crippen MR) is 63.5 cm³/mol. The van der Waals surface area contributed by atoms with E-state index in [1.165, 1.54) is 0 Å². The zero-order valence-corrected chi connectivity index (χ0v) is 9.06. The molecule has 0 spiro atoms. The Labute approximate surface area is 98.2 Å². The molecule has 0 aliphatic heterocycles. The molecule has 84 valence electrons. The normalized spacial score (nSPS) is 12.8. The highest BCUT2D eigenvalue weighted by molar-refractivity contribution is 5.54. The van der Waals surface area contributed by atoms with E-state index in [-0.39, 0.29) is 0 Å². The van der Waals surface area contributed by atoms with Crippen LogP contribution in [-0.2, 0) is 0 Å². The molecule has 4 heteroatoms. The Hall–Kier alpha value is -2.20. The van der Waals surface area contributed by atoms with Gasteiger partial charge in [-0.1, -0.05) is 30.3 Å². The van der Waals surface area contributed by atoms with Crippen LogP contribution in [0.1, 0.15) is 17.2 Å². The van der Waals surface area contributed by atoms with E-state index in [1.54, 1.807) is 29.3 Å². The minimum Gasteiger partial charge on any atom is -0.384 e. The number of nitrogens with zero attached hydrogens (tertiary/aromatic N) is 3. The number of aliphatic hydroxyl groups excluding tert-OH is 1. The molecule has 1 aromatic carbocycles. The molecule has 0 saturated carbocycles. The van der Waals surface area contributed by atoms with Crippen molar-refractivity contribution in [3.05, 3.63) is 66.2 Å². The van der Waals surface area contributed by atoms with Crippen LogP contribution in [0, 0.1) is 0 Å². The quantitative estimate of drug-likeness (QED) is 0.723. The highest BCUT2D eigenvalue weighted by Crippen LogP contribution is 2.24. The molecular weight excluding hydrogens is 214 g/mol. The maximum absolute atomic E-state index is 10.3. The summed E-state index contributed by atoms with van der Waals surface area (Å²) in [6.45, 7) is 0. The van der Waals surface area contributed by atoms with Gasteiger partial charge in [-0.2, -0.15) is 5.10 Å². The van der Waals surface area contributed by atoms with Crippen molar-refractivity contribution in [3.8, 4) is 0 Å². The van der Waals surface area contributed by atoms with Crippen molar-refractivity contribution in [2.24, 2.45) is 0 Å². The average molecular weight is 225 g/mol. The number of fused-ring (bicyclic) bond motifs is 1. The molecular formula is C13H11N3O. The minimum atomic E-state index is -0.669. The van der Waals surface area contributed by atoms with Gasteiger partial charge < -0.3 is 5.11 Å². The van der Waals surface area contributed by atoms with E-state index in [1.807, 2.05) is 30.3 Å². The number of hydrogen-bond donors (Lipinski definition) is 1. The second-order valence-corrected chi connectivity index (χ2v) is 3.82. The lowest BCUT2D eigenvalue weighted by molar-refractivity contribution is 0.222. The molecule has 1 unspecified atom stereocenters. The van der Waals surface area contributed by atoms with Crippen molar-refractivity contribution in [1.82, 2.24) is 14.6 Å². The van der Waals surface area contributed by atoms with Crippen molar-refractivity contribution < 1.29 is 5.11 Å². The molecule has 0 saturated heterocycles. The number of aliphatic hydroxyl groups is 1. The van der Waals surface area contributed by atoms with Crippen molar-refractivity contribution in [3.63, 3.8) is 0 Å². The van der Waals surface area contributed by atoms with Gasteiger partial charge in [0, 0.05) is 18.0 Å². The lowest BCUT2D eigenvalue weighted by atomic mass is 10.0. The first-order valence-corrected chi connectivity index (χ1v) is 5.36. The fourth-order valence-corrected chi connectivity index (χ4v) is 1.88. The summed E-state index contributed by atoms with van der Waals surface area (Å²) >= 11 is 0. The number of aromatic nitrogens is 3. The van der Waals surface area contributed by atoms with Gasteiger partial charge in [0.2, 0.25) is 0 Å². The average Bonchev–Trinajstić information content (AvgIpc) is 2.83. The van der Waals surface area contributed by atoms with Crippen molar-refractivity contribution in [1.29, 1.82) is 0 Å². The highest BCUT2D eigenvalue weighted by Gasteiger charge is 2.15. The first-order valence-electron chi connectivity index (χ1n) is 5.36. The molecule has 2 aromatic heterocycles. The Morgan fingerprint density at radius 2 is 1.94 bits per heavy atom. The van der Waals surface area contributed by atoms with Gasteiger partial charge in [-0.25, -0.2) is 4.52 Å². The van der Waals surface area contributed by atoms with E-state index in [0.717, 1.165) is 16.6 Å². The van der Waals surface area contributed by atoms with E-state index >= 15 is 0 Å². The Morgan fingerprint density at radius 3 is 2.76 bits per heavy atom. The third-order valence-electron chi connectivity index (χ3n) is 2.76. The van der Waals surface area contributed by atoms with Gasteiger partial charge in [0.15, 0.2) is 0 Å². The van der Waals surface area contributed by atoms with Gasteiger partial charge in [-0.05, 0) is 5.56 Å². The molecule has 0 bridgehead atoms. The first kappa shape index (κ1) is 9.99. The standard InChI is InChI=1S/C13H11N3O/c17-13(10-4-2-1-3-5-10)11-8-15-16-7-6-14-9-12(11)16/h1-9,13,17H. The summed E-state index contributed by atoms with van der Waals surface area (Å²) < 4.78 is 1.70. The first-order chi connectivity index (χ1) is 8.36. The fraction of sp³-hybridized carbons (Fsp3) is 0.0769. The summed E-state index contributed by atoms with van der Waals surface area (Å²) in [4.78, 5) is 4.05. The van der Waals surface area contributed by atoms with Crippen LogP contribution in [-0.4, -0.2) is 19.7 Å². The number of hydrogen-bond acceptors (Lipinski definition) is 3. The maximum Gasteiger partial charge on any atom is 0.108 e. The molecule has 3 rings (SSSR count). The van der Waals surface area contributed by atoms with Crippen LogP contribution in [0.3, 0.4) is 0 Å². The Balaban J connectivity index is 2.10. The van der Waals surface area contributed by atoms with Crippen molar-refractivity contribution >= 4 is 5.52 Å². The van der Waals surface area contributed by atoms with Gasteiger partial charge in [0.1, 0.15) is 6.10 Å². The molecule has 0 radical (unpaired) electrons. The molecule has 0 aliphatic rings.